The zero-order valence-electron chi connectivity index (χ0n) is 30.2. The van der Waals surface area contributed by atoms with Crippen LogP contribution in [0.5, 0.6) is 0 Å². The highest BCUT2D eigenvalue weighted by Gasteiger charge is 2.36. The van der Waals surface area contributed by atoms with E-state index in [1.54, 1.807) is 0 Å². The summed E-state index contributed by atoms with van der Waals surface area (Å²) < 4.78 is 9.05. The number of hydrogen-bond acceptors (Lipinski definition) is 4. The van der Waals surface area contributed by atoms with Gasteiger partial charge in [0.05, 0.1) is 22.4 Å². The molecule has 0 atom stereocenters. The molecular weight excluding hydrogens is 673 g/mol. The van der Waals surface area contributed by atoms with Crippen LogP contribution >= 0.6 is 0 Å². The Balaban J connectivity index is 1.13. The van der Waals surface area contributed by atoms with Crippen molar-refractivity contribution < 1.29 is 4.42 Å². The summed E-state index contributed by atoms with van der Waals surface area (Å²) in [6, 6.07) is 57.0. The van der Waals surface area contributed by atoms with E-state index in [2.05, 4.69) is 103 Å². The summed E-state index contributed by atoms with van der Waals surface area (Å²) in [5, 5.41) is 14.8. The second-order valence-electron chi connectivity index (χ2n) is 14.9. The first kappa shape index (κ1) is 31.3. The van der Waals surface area contributed by atoms with Crippen LogP contribution in [0.1, 0.15) is 30.5 Å². The third kappa shape index (κ3) is 4.52. The van der Waals surface area contributed by atoms with Gasteiger partial charge in [0.25, 0.3) is 0 Å². The van der Waals surface area contributed by atoms with Crippen molar-refractivity contribution in [2.45, 2.75) is 19.3 Å². The quantitative estimate of drug-likeness (QED) is 0.183. The molecule has 1 aliphatic rings. The van der Waals surface area contributed by atoms with Crippen molar-refractivity contribution in [2.24, 2.45) is 0 Å². The maximum absolute atomic E-state index is 10.5. The van der Waals surface area contributed by atoms with Gasteiger partial charge in [-0.1, -0.05) is 129 Å². The summed E-state index contributed by atoms with van der Waals surface area (Å²) >= 11 is 0. The monoisotopic (exact) mass is 704 g/mol. The predicted molar refractivity (Wildman–Crippen MR) is 222 cm³/mol. The van der Waals surface area contributed by atoms with E-state index in [0.717, 1.165) is 49.8 Å². The topological polar surface area (TPSA) is 67.6 Å². The molecule has 11 rings (SSSR count). The number of benzene rings is 7. The molecule has 258 valence electrons. The molecule has 1 aliphatic carbocycles. The molecule has 0 aliphatic heterocycles. The molecule has 0 spiro atoms. The van der Waals surface area contributed by atoms with Crippen LogP contribution in [-0.4, -0.2) is 14.5 Å². The van der Waals surface area contributed by atoms with E-state index in [1.165, 1.54) is 38.5 Å². The highest BCUT2D eigenvalue weighted by atomic mass is 16.3. The molecule has 0 amide bonds. The largest absolute Gasteiger partial charge is 0.456 e. The van der Waals surface area contributed by atoms with E-state index in [0.29, 0.717) is 22.8 Å². The van der Waals surface area contributed by atoms with Crippen LogP contribution in [0, 0.1) is 11.3 Å². The lowest BCUT2D eigenvalue weighted by Crippen LogP contribution is -2.14. The van der Waals surface area contributed by atoms with Crippen molar-refractivity contribution in [3.8, 4) is 56.8 Å². The minimum atomic E-state index is -0.116. The molecule has 55 heavy (non-hydrogen) atoms. The lowest BCUT2D eigenvalue weighted by atomic mass is 9.82. The second-order valence-corrected chi connectivity index (χ2v) is 14.9. The smallest absolute Gasteiger partial charge is 0.161 e. The van der Waals surface area contributed by atoms with Crippen molar-refractivity contribution in [3.05, 3.63) is 174 Å². The second kappa shape index (κ2) is 11.6. The Labute approximate surface area is 317 Å². The van der Waals surface area contributed by atoms with Crippen LogP contribution in [0.4, 0.5) is 0 Å². The first-order valence-corrected chi connectivity index (χ1v) is 18.6. The lowest BCUT2D eigenvalue weighted by Gasteiger charge is -2.21. The van der Waals surface area contributed by atoms with Gasteiger partial charge < -0.3 is 8.98 Å². The molecule has 10 aromatic rings. The average molecular weight is 705 g/mol. The Kier molecular flexibility index (Phi) is 6.59. The first-order chi connectivity index (χ1) is 27.0. The fourth-order valence-corrected chi connectivity index (χ4v) is 8.88. The van der Waals surface area contributed by atoms with E-state index in [4.69, 9.17) is 14.4 Å². The maximum atomic E-state index is 10.5. The van der Waals surface area contributed by atoms with Gasteiger partial charge in [-0.25, -0.2) is 9.97 Å². The minimum Gasteiger partial charge on any atom is -0.456 e. The Bertz CT molecular complexity index is 3180. The van der Waals surface area contributed by atoms with Gasteiger partial charge in [0.2, 0.25) is 0 Å². The lowest BCUT2D eigenvalue weighted by molar-refractivity contribution is 0.661. The van der Waals surface area contributed by atoms with Crippen LogP contribution in [-0.2, 0) is 5.41 Å². The molecule has 0 N–H and O–H groups in total. The summed E-state index contributed by atoms with van der Waals surface area (Å²) in [6.07, 6.45) is 0. The van der Waals surface area contributed by atoms with Crippen molar-refractivity contribution in [2.75, 3.05) is 0 Å². The third-order valence-corrected chi connectivity index (χ3v) is 11.5. The van der Waals surface area contributed by atoms with E-state index >= 15 is 0 Å². The van der Waals surface area contributed by atoms with Gasteiger partial charge in [-0.05, 0) is 58.7 Å². The van der Waals surface area contributed by atoms with Crippen molar-refractivity contribution >= 4 is 43.7 Å². The predicted octanol–water partition coefficient (Wildman–Crippen LogP) is 12.7. The van der Waals surface area contributed by atoms with Crippen LogP contribution < -0.4 is 0 Å². The van der Waals surface area contributed by atoms with Gasteiger partial charge in [0.15, 0.2) is 5.82 Å². The summed E-state index contributed by atoms with van der Waals surface area (Å²) in [5.41, 5.74) is 14.3. The zero-order chi connectivity index (χ0) is 36.8. The van der Waals surface area contributed by atoms with Crippen LogP contribution in [0.3, 0.4) is 0 Å². The molecule has 0 radical (unpaired) electrons. The van der Waals surface area contributed by atoms with Crippen LogP contribution in [0.15, 0.2) is 162 Å². The molecule has 5 heteroatoms. The molecule has 0 fully saturated rings. The fourth-order valence-electron chi connectivity index (χ4n) is 8.88. The molecular formula is C50H32N4O. The van der Waals surface area contributed by atoms with E-state index in [-0.39, 0.29) is 5.41 Å². The Morgan fingerprint density at radius 2 is 1.22 bits per heavy atom. The number of nitrogens with zero attached hydrogens (tertiary/aromatic N) is 4. The maximum Gasteiger partial charge on any atom is 0.161 e. The molecule has 3 heterocycles. The summed E-state index contributed by atoms with van der Waals surface area (Å²) in [5.74, 6) is 0.536. The van der Waals surface area contributed by atoms with Crippen LogP contribution in [0.2, 0.25) is 0 Å². The molecule has 0 saturated heterocycles. The van der Waals surface area contributed by atoms with Gasteiger partial charge in [-0.2, -0.15) is 5.26 Å². The van der Waals surface area contributed by atoms with Crippen molar-refractivity contribution in [1.29, 1.82) is 5.26 Å². The fraction of sp³-hybridized carbons (Fsp3) is 0.0600. The van der Waals surface area contributed by atoms with Gasteiger partial charge in [-0.3, -0.25) is 0 Å². The molecule has 0 bridgehead atoms. The summed E-state index contributed by atoms with van der Waals surface area (Å²) in [6.45, 7) is 4.66. The molecule has 7 aromatic carbocycles. The SMILES string of the molecule is CC1(C)c2ccccc2-c2cc3c4ccccc4n(-c4ccc5c(c4)oc4cccc(-c6nc(-c7ccccc7)c(C#N)c(-c7ccccc7)n6)c45)c3cc21. The minimum absolute atomic E-state index is 0.116. The average Bonchev–Trinajstić information content (AvgIpc) is 3.85. The number of furan rings is 1. The van der Waals surface area contributed by atoms with Gasteiger partial charge >= 0.3 is 0 Å². The zero-order valence-corrected chi connectivity index (χ0v) is 30.2. The summed E-state index contributed by atoms with van der Waals surface area (Å²) in [4.78, 5) is 10.2. The molecule has 5 nitrogen and oxygen atoms in total. The summed E-state index contributed by atoms with van der Waals surface area (Å²) in [7, 11) is 0. The molecule has 0 unspecified atom stereocenters. The number of fused-ring (bicyclic) bond motifs is 9. The standard InChI is InChI=1S/C50H32N4O/c1-50(2)40-21-11-9-18-33(40)37-27-38-34-19-10-12-22-42(34)54(43(38)28-41(37)50)32-24-25-35-45(26-32)55-44-23-13-20-36(46(35)44)49-52-47(30-14-5-3-6-15-30)39(29-51)48(53-49)31-16-7-4-8-17-31/h3-28H,1-2H3. The van der Waals surface area contributed by atoms with Gasteiger partial charge in [0.1, 0.15) is 22.8 Å². The Hall–Kier alpha value is -7.29. The molecule has 0 saturated carbocycles. The van der Waals surface area contributed by atoms with Crippen LogP contribution in [0.25, 0.3) is 94.5 Å². The first-order valence-electron chi connectivity index (χ1n) is 18.6. The van der Waals surface area contributed by atoms with Gasteiger partial charge in [-0.15, -0.1) is 0 Å². The van der Waals surface area contributed by atoms with Gasteiger partial charge in [0, 0.05) is 55.4 Å². The van der Waals surface area contributed by atoms with E-state index < -0.39 is 0 Å². The third-order valence-electron chi connectivity index (χ3n) is 11.5. The number of aromatic nitrogens is 3. The van der Waals surface area contributed by atoms with E-state index in [1.807, 2.05) is 78.9 Å². The Morgan fingerprint density at radius 1 is 0.545 bits per heavy atom. The number of rotatable bonds is 4. The van der Waals surface area contributed by atoms with Crippen molar-refractivity contribution in [1.82, 2.24) is 14.5 Å². The number of para-hydroxylation sites is 1. The number of nitriles is 1. The van der Waals surface area contributed by atoms with Crippen molar-refractivity contribution in [3.63, 3.8) is 0 Å². The highest BCUT2D eigenvalue weighted by Crippen LogP contribution is 2.51. The number of hydrogen-bond donors (Lipinski definition) is 0. The Morgan fingerprint density at radius 3 is 1.96 bits per heavy atom. The van der Waals surface area contributed by atoms with E-state index in [9.17, 15) is 5.26 Å². The molecule has 3 aromatic heterocycles. The highest BCUT2D eigenvalue weighted by molar-refractivity contribution is 6.14. The normalized spacial score (nSPS) is 13.0.